The van der Waals surface area contributed by atoms with Crippen molar-refractivity contribution in [2.45, 2.75) is 178 Å². The molecule has 89 heavy (non-hydrogen) atoms. The number of aromatic amines is 1. The molecule has 0 aliphatic carbocycles. The Morgan fingerprint density at radius 3 is 1.53 bits per heavy atom. The van der Waals surface area contributed by atoms with Gasteiger partial charge in [0, 0.05) is 56.8 Å². The minimum atomic E-state index is -3.64. The monoisotopic (exact) mass is 1310 g/mol. The summed E-state index contributed by atoms with van der Waals surface area (Å²) in [6.45, 7) is 3.46. The van der Waals surface area contributed by atoms with Crippen molar-refractivity contribution in [3.05, 3.63) is 18.1 Å². The number of primary amides is 1. The van der Waals surface area contributed by atoms with Gasteiger partial charge < -0.3 is 77.6 Å². The lowest BCUT2D eigenvalue weighted by molar-refractivity contribution is -0.144. The van der Waals surface area contributed by atoms with Gasteiger partial charge in [0.05, 0.1) is 51.1 Å². The minimum absolute atomic E-state index is 0.0167. The number of amides is 7. The third kappa shape index (κ3) is 47.1. The molecule has 0 bridgehead atoms. The van der Waals surface area contributed by atoms with Crippen molar-refractivity contribution in [1.29, 1.82) is 0 Å². The first-order chi connectivity index (χ1) is 42.6. The fourth-order valence-electron chi connectivity index (χ4n) is 8.27. The van der Waals surface area contributed by atoms with Crippen LogP contribution in [0.1, 0.15) is 154 Å². The Hall–Kier alpha value is -6.59. The molecule has 1 aromatic heterocycles. The van der Waals surface area contributed by atoms with Gasteiger partial charge in [0.15, 0.2) is 0 Å². The van der Waals surface area contributed by atoms with E-state index in [-0.39, 0.29) is 114 Å². The fraction of sp³-hybridized carbons (Fsp3) is 0.764. The Morgan fingerprint density at radius 1 is 0.528 bits per heavy atom. The summed E-state index contributed by atoms with van der Waals surface area (Å²) in [6.07, 6.45) is 16.3. The van der Waals surface area contributed by atoms with E-state index in [2.05, 4.69) is 63.8 Å². The number of carbonyl (C=O) groups excluding carboxylic acids is 7. The number of H-pyrrole nitrogens is 1. The number of ether oxygens (including phenoxy) is 4. The van der Waals surface area contributed by atoms with Crippen molar-refractivity contribution in [2.24, 2.45) is 11.5 Å². The van der Waals surface area contributed by atoms with Crippen molar-refractivity contribution in [3.63, 3.8) is 0 Å². The van der Waals surface area contributed by atoms with Gasteiger partial charge in [-0.25, -0.2) is 23.1 Å². The van der Waals surface area contributed by atoms with Gasteiger partial charge in [-0.15, -0.1) is 16.9 Å². The van der Waals surface area contributed by atoms with Crippen LogP contribution in [-0.4, -0.2) is 218 Å². The van der Waals surface area contributed by atoms with E-state index in [0.717, 1.165) is 56.1 Å². The van der Waals surface area contributed by atoms with Crippen LogP contribution in [0.2, 0.25) is 0 Å². The number of carbonyl (C=O) groups is 10. The van der Waals surface area contributed by atoms with Gasteiger partial charge >= 0.3 is 17.9 Å². The van der Waals surface area contributed by atoms with E-state index in [1.54, 1.807) is 0 Å². The number of tetrazole rings is 1. The number of allylic oxidation sites excluding steroid dienone is 1. The first-order valence-corrected chi connectivity index (χ1v) is 33.1. The van der Waals surface area contributed by atoms with Crippen LogP contribution < -0.4 is 48.1 Å². The van der Waals surface area contributed by atoms with Gasteiger partial charge in [0.25, 0.3) is 0 Å². The molecule has 32 nitrogen and oxygen atoms in total. The lowest BCUT2D eigenvalue weighted by atomic mass is 10.0. The Bertz CT molecular complexity index is 2360. The Morgan fingerprint density at radius 2 is 1.01 bits per heavy atom. The maximum atomic E-state index is 12.6. The smallest absolute Gasteiger partial charge is 0.326 e. The summed E-state index contributed by atoms with van der Waals surface area (Å²) in [7, 11) is -3.64. The number of aliphatic carboxylic acids is 3. The second kappa shape index (κ2) is 51.2. The molecule has 7 amide bonds. The number of carboxylic acid groups (broad SMARTS) is 3. The molecule has 0 saturated carbocycles. The van der Waals surface area contributed by atoms with Crippen molar-refractivity contribution in [3.8, 4) is 0 Å². The SMILES string of the molecule is C=C(CCCCCCCCCCCCCCCc1nnn[nH]1)NS(=O)(=O)CCCC(=O)NCCOCCOCC(=O)N[C@@H](CCC(=O)N[C@@H](CCC(=O)NCCOCCOCC(=O)N[C@@H](CCCCNC(=O)CSC[C@H](N)C(=O)O)C(N)=O)C(=O)O)C(=O)O. The summed E-state index contributed by atoms with van der Waals surface area (Å²) < 4.78 is 48.8. The highest BCUT2D eigenvalue weighted by Gasteiger charge is 2.25. The standard InChI is InChI=1S/C55H97N13O19S2/c1-40(18-13-11-9-7-5-3-2-4-6-8-10-12-14-20-45-64-67-68-65-45)66-89(82,83)35-17-21-46(69)59-27-29-84-32-34-87-37-50(73)63-44(55(80)81)23-25-48(71)62-43(54(78)79)22-24-47(70)60-28-30-85-31-33-86-36-49(72)61-42(52(57)75)19-15-16-26-58-51(74)39-88-38-41(56)53(76)77/h41-44,66H,1-39,56H2,(H2,57,75)(H,58,74)(H,59,69)(H,60,70)(H,61,72)(H,62,71)(H,63,73)(H,76,77)(H,78,79)(H,80,81)(H,64,65,67,68)/t41-,42-,43-,44-/m0/s1. The molecule has 1 rings (SSSR count). The number of hydrogen-bond donors (Lipinski definition) is 13. The van der Waals surface area contributed by atoms with E-state index in [9.17, 15) is 66.6 Å². The second-order valence-corrected chi connectivity index (χ2v) is 23.8. The van der Waals surface area contributed by atoms with E-state index in [4.69, 9.17) is 35.5 Å². The number of aromatic nitrogens is 4. The van der Waals surface area contributed by atoms with Crippen LogP contribution in [0.3, 0.4) is 0 Å². The zero-order chi connectivity index (χ0) is 65.9. The van der Waals surface area contributed by atoms with E-state index in [0.29, 0.717) is 31.5 Å². The molecule has 15 N–H and O–H groups in total. The molecular weight excluding hydrogens is 1210 g/mol. The zero-order valence-corrected chi connectivity index (χ0v) is 52.7. The molecule has 0 spiro atoms. The number of hydrogen-bond acceptors (Lipinski definition) is 21. The highest BCUT2D eigenvalue weighted by atomic mass is 32.2. The van der Waals surface area contributed by atoms with Crippen molar-refractivity contribution < 1.29 is 90.6 Å². The summed E-state index contributed by atoms with van der Waals surface area (Å²) in [5.74, 6) is -7.55. The molecule has 0 unspecified atom stereocenters. The molecule has 508 valence electrons. The van der Waals surface area contributed by atoms with Gasteiger partial charge in [-0.3, -0.25) is 43.1 Å². The highest BCUT2D eigenvalue weighted by molar-refractivity contribution is 8.00. The normalized spacial score (nSPS) is 12.6. The molecular formula is C55H97N13O19S2. The Labute approximate surface area is 524 Å². The predicted molar refractivity (Wildman–Crippen MR) is 326 cm³/mol. The largest absolute Gasteiger partial charge is 0.480 e. The molecule has 1 aromatic rings. The number of nitrogens with two attached hydrogens (primary N) is 2. The molecule has 4 atom stereocenters. The molecule has 1 heterocycles. The van der Waals surface area contributed by atoms with Crippen LogP contribution in [0.25, 0.3) is 0 Å². The van der Waals surface area contributed by atoms with Crippen molar-refractivity contribution in [1.82, 2.24) is 57.2 Å². The number of sulfonamides is 1. The number of unbranched alkanes of at least 4 members (excludes halogenated alkanes) is 13. The Kier molecular flexibility index (Phi) is 46.3. The van der Waals surface area contributed by atoms with Gasteiger partial charge in [-0.05, 0) is 68.2 Å². The van der Waals surface area contributed by atoms with Crippen molar-refractivity contribution >= 4 is 81.0 Å². The van der Waals surface area contributed by atoms with E-state index in [1.165, 1.54) is 51.4 Å². The first-order valence-electron chi connectivity index (χ1n) is 30.3. The van der Waals surface area contributed by atoms with Gasteiger partial charge in [0.1, 0.15) is 43.2 Å². The second-order valence-electron chi connectivity index (χ2n) is 20.9. The topological polar surface area (TPSA) is 493 Å². The maximum absolute atomic E-state index is 12.6. The molecule has 0 saturated heterocycles. The van der Waals surface area contributed by atoms with Crippen LogP contribution in [0.15, 0.2) is 12.3 Å². The predicted octanol–water partition coefficient (Wildman–Crippen LogP) is -0.183. The highest BCUT2D eigenvalue weighted by Crippen LogP contribution is 2.15. The Balaban J connectivity index is 2.10. The summed E-state index contributed by atoms with van der Waals surface area (Å²) in [4.78, 5) is 120. The lowest BCUT2D eigenvalue weighted by Crippen LogP contribution is -2.45. The third-order valence-electron chi connectivity index (χ3n) is 13.1. The molecule has 0 aromatic carbocycles. The van der Waals surface area contributed by atoms with Crippen LogP contribution in [0.5, 0.6) is 0 Å². The maximum Gasteiger partial charge on any atom is 0.326 e. The number of thioether (sulfide) groups is 1. The summed E-state index contributed by atoms with van der Waals surface area (Å²) in [5, 5.41) is 56.6. The first kappa shape index (κ1) is 80.4. The van der Waals surface area contributed by atoms with E-state index < -0.39 is 108 Å². The summed E-state index contributed by atoms with van der Waals surface area (Å²) in [5.41, 5.74) is 11.2. The van der Waals surface area contributed by atoms with Crippen LogP contribution in [0, 0.1) is 0 Å². The molecule has 0 aliphatic rings. The van der Waals surface area contributed by atoms with Gasteiger partial charge in [0.2, 0.25) is 51.4 Å². The number of nitrogens with one attached hydrogen (secondary N) is 8. The number of carboxylic acids is 3. The number of aryl methyl sites for hydroxylation is 1. The molecule has 0 fully saturated rings. The average Bonchev–Trinajstić information content (AvgIpc) is 4.07. The number of rotatable bonds is 60. The lowest BCUT2D eigenvalue weighted by Gasteiger charge is -2.17. The minimum Gasteiger partial charge on any atom is -0.480 e. The zero-order valence-electron chi connectivity index (χ0n) is 51.1. The molecule has 0 aliphatic heterocycles. The van der Waals surface area contributed by atoms with E-state index in [1.807, 2.05) is 0 Å². The third-order valence-corrected chi connectivity index (χ3v) is 15.6. The van der Waals surface area contributed by atoms with E-state index >= 15 is 0 Å². The van der Waals surface area contributed by atoms with Gasteiger partial charge in [-0.1, -0.05) is 77.2 Å². The summed E-state index contributed by atoms with van der Waals surface area (Å²) in [6, 6.07) is -5.05. The van der Waals surface area contributed by atoms with Crippen LogP contribution in [0.4, 0.5) is 0 Å². The van der Waals surface area contributed by atoms with Crippen LogP contribution >= 0.6 is 11.8 Å². The summed E-state index contributed by atoms with van der Waals surface area (Å²) >= 11 is 1.09. The molecule has 0 radical (unpaired) electrons. The molecule has 34 heteroatoms. The van der Waals surface area contributed by atoms with Crippen molar-refractivity contribution in [2.75, 3.05) is 89.7 Å². The number of nitrogens with zero attached hydrogens (tertiary/aromatic N) is 3. The average molecular weight is 1310 g/mol. The fourth-order valence-corrected chi connectivity index (χ4v) is 10.2. The van der Waals surface area contributed by atoms with Gasteiger partial charge in [-0.2, -0.15) is 0 Å². The van der Waals surface area contributed by atoms with Crippen LogP contribution in [-0.2, 0) is 83.3 Å². The quantitative estimate of drug-likeness (QED) is 0.0376.